The third-order valence-corrected chi connectivity index (χ3v) is 22.1. The van der Waals surface area contributed by atoms with Crippen molar-refractivity contribution < 1.29 is 65.9 Å². The van der Waals surface area contributed by atoms with Gasteiger partial charge in [-0.25, -0.2) is 0 Å². The van der Waals surface area contributed by atoms with Crippen molar-refractivity contribution in [3.05, 3.63) is 0 Å². The number of hydrogen-bond donors (Lipinski definition) is 3. The lowest BCUT2D eigenvalue weighted by Crippen LogP contribution is -2.65. The van der Waals surface area contributed by atoms with Crippen LogP contribution in [0.1, 0.15) is 190 Å². The maximum absolute atomic E-state index is 15.1. The molecule has 3 aliphatic heterocycles. The summed E-state index contributed by atoms with van der Waals surface area (Å²) in [5, 5.41) is 7.63. The zero-order chi connectivity index (χ0) is 69.3. The maximum atomic E-state index is 15.1. The van der Waals surface area contributed by atoms with Gasteiger partial charge in [0.2, 0.25) is 65.0 Å². The van der Waals surface area contributed by atoms with Gasteiger partial charge >= 0.3 is 6.18 Å². The van der Waals surface area contributed by atoms with Crippen LogP contribution in [0.25, 0.3) is 0 Å². The Morgan fingerprint density at radius 2 is 1.24 bits per heavy atom. The molecule has 0 aromatic rings. The maximum Gasteiger partial charge on any atom is 0.393 e. The molecule has 3 aliphatic carbocycles. The van der Waals surface area contributed by atoms with Gasteiger partial charge in [-0.05, 0) is 120 Å². The van der Waals surface area contributed by atoms with Crippen LogP contribution in [-0.2, 0) is 52.7 Å². The molecular formula is C67H109ClF3N11O11. The van der Waals surface area contributed by atoms with Gasteiger partial charge in [-0.15, -0.1) is 11.6 Å². The molecule has 6 fully saturated rings. The van der Waals surface area contributed by atoms with Gasteiger partial charge in [0, 0.05) is 73.2 Å². The molecule has 3 heterocycles. The summed E-state index contributed by atoms with van der Waals surface area (Å²) in [6, 6.07) is -9.62. The van der Waals surface area contributed by atoms with Crippen LogP contribution >= 0.6 is 11.6 Å². The van der Waals surface area contributed by atoms with E-state index in [0.717, 1.165) is 32.1 Å². The lowest BCUT2D eigenvalue weighted by Gasteiger charge is -2.45. The first-order valence-electron chi connectivity index (χ1n) is 34.4. The van der Waals surface area contributed by atoms with E-state index in [1.54, 1.807) is 34.6 Å². The monoisotopic (exact) mass is 1340 g/mol. The van der Waals surface area contributed by atoms with Gasteiger partial charge in [0.05, 0.1) is 12.5 Å². The number of amides is 11. The highest BCUT2D eigenvalue weighted by Crippen LogP contribution is 2.44. The molecule has 3 unspecified atom stereocenters. The second-order valence-corrected chi connectivity index (χ2v) is 29.6. The second kappa shape index (κ2) is 32.8. The number of carbonyl (C=O) groups is 11. The number of fused-ring (bicyclic) bond motifs is 2. The highest BCUT2D eigenvalue weighted by molar-refractivity contribution is 6.20. The van der Waals surface area contributed by atoms with Gasteiger partial charge in [-0.1, -0.05) is 92.9 Å². The Morgan fingerprint density at radius 1 is 0.602 bits per heavy atom. The van der Waals surface area contributed by atoms with Gasteiger partial charge in [0.15, 0.2) is 0 Å². The Kier molecular flexibility index (Phi) is 26.9. The molecule has 3 N–H and O–H groups in total. The van der Waals surface area contributed by atoms with Crippen LogP contribution < -0.4 is 16.0 Å². The van der Waals surface area contributed by atoms with Crippen molar-refractivity contribution in [2.75, 3.05) is 61.9 Å². The zero-order valence-electron chi connectivity index (χ0n) is 57.8. The summed E-state index contributed by atoms with van der Waals surface area (Å²) in [4.78, 5) is 173. The number of alkyl halides is 4. The molecular weight excluding hydrogens is 1230 g/mol. The molecule has 6 rings (SSSR count). The Balaban J connectivity index is 1.37. The number of likely N-dealkylation sites (N-methyl/N-ethyl adjacent to an activating group) is 6. The van der Waals surface area contributed by atoms with E-state index in [2.05, 4.69) is 16.0 Å². The molecule has 3 saturated heterocycles. The second-order valence-electron chi connectivity index (χ2n) is 29.0. The topological polar surface area (TPSA) is 250 Å². The van der Waals surface area contributed by atoms with Crippen molar-refractivity contribution >= 4 is 76.6 Å². The van der Waals surface area contributed by atoms with Gasteiger partial charge in [0.25, 0.3) is 0 Å². The van der Waals surface area contributed by atoms with Crippen molar-refractivity contribution in [1.29, 1.82) is 0 Å². The highest BCUT2D eigenvalue weighted by Gasteiger charge is 2.52. The summed E-state index contributed by atoms with van der Waals surface area (Å²) in [7, 11) is 8.93. The quantitative estimate of drug-likeness (QED) is 0.211. The molecule has 0 aromatic heterocycles. The Hall–Kier alpha value is -5.75. The molecule has 93 heavy (non-hydrogen) atoms. The standard InChI is InChI=1S/C67H109ClF3N11O11/c1-15-41(6)55-63(91)77(11)43(8)59(87)82-33-29-50(82)62(90)79(13)52(37-44-22-17-16-18-23-44)61(89)75(9)38-53(83)72-48(28-26-45-25-27-46(47(68)36-45)67(69,70)71)60(88)81-32-21-24-49(81)58(86)74-66(30-19-20-31-66)65(93)80(14)56(40(4)5)64(92)76(10)42(7)35-54(84)78(12)51(34-39(2)3)57(85)73-55/h39-52,55-56H,15-38H2,1-14H3,(H,72,83)(H,73,85)(H,74,86)/t41-,42+,43-,45?,46?,47?,48-,49-,50-,51-,52-,55-,56-/m0/s1. The summed E-state index contributed by atoms with van der Waals surface area (Å²) in [6.07, 6.45) is 3.26. The lowest BCUT2D eigenvalue weighted by atomic mass is 9.78. The molecule has 3 saturated carbocycles. The summed E-state index contributed by atoms with van der Waals surface area (Å²) in [6.45, 7) is 14.0. The Morgan fingerprint density at radius 3 is 1.81 bits per heavy atom. The number of carbonyl (C=O) groups excluding carboxylic acids is 11. The van der Waals surface area contributed by atoms with Crippen LogP contribution in [0.3, 0.4) is 0 Å². The minimum absolute atomic E-state index is 0.0166. The third-order valence-electron chi connectivity index (χ3n) is 21.6. The average molecular weight is 1340 g/mol. The van der Waals surface area contributed by atoms with E-state index in [-0.39, 0.29) is 108 Å². The van der Waals surface area contributed by atoms with E-state index >= 15 is 9.59 Å². The van der Waals surface area contributed by atoms with Crippen molar-refractivity contribution in [3.63, 3.8) is 0 Å². The van der Waals surface area contributed by atoms with Gasteiger partial charge in [0.1, 0.15) is 53.9 Å². The predicted molar refractivity (Wildman–Crippen MR) is 345 cm³/mol. The van der Waals surface area contributed by atoms with Crippen LogP contribution in [0.5, 0.6) is 0 Å². The molecule has 526 valence electrons. The summed E-state index contributed by atoms with van der Waals surface area (Å²) < 4.78 is 41.8. The summed E-state index contributed by atoms with van der Waals surface area (Å²) >= 11 is 6.38. The van der Waals surface area contributed by atoms with Crippen LogP contribution in [0, 0.1) is 35.5 Å². The van der Waals surface area contributed by atoms with Crippen LogP contribution in [0.4, 0.5) is 13.2 Å². The third kappa shape index (κ3) is 18.2. The molecule has 0 bridgehead atoms. The summed E-state index contributed by atoms with van der Waals surface area (Å²) in [5.74, 6) is -9.19. The first kappa shape index (κ1) is 76.3. The van der Waals surface area contributed by atoms with Crippen LogP contribution in [0.15, 0.2) is 0 Å². The lowest BCUT2D eigenvalue weighted by molar-refractivity contribution is -0.182. The number of nitrogens with one attached hydrogen (secondary N) is 3. The molecule has 6 aliphatic rings. The first-order valence-corrected chi connectivity index (χ1v) is 34.8. The number of hydrogen-bond acceptors (Lipinski definition) is 11. The number of halogens is 4. The smallest absolute Gasteiger partial charge is 0.343 e. The molecule has 11 amide bonds. The molecule has 0 aromatic carbocycles. The largest absolute Gasteiger partial charge is 0.393 e. The van der Waals surface area contributed by atoms with Crippen LogP contribution in [0.2, 0.25) is 0 Å². The fourth-order valence-corrected chi connectivity index (χ4v) is 15.6. The fraction of sp³-hybridized carbons (Fsp3) is 0.836. The first-order chi connectivity index (χ1) is 43.6. The van der Waals surface area contributed by atoms with Crippen molar-refractivity contribution in [2.45, 2.75) is 262 Å². The Labute approximate surface area is 554 Å². The number of nitrogens with zero attached hydrogens (tertiary/aromatic N) is 8. The highest BCUT2D eigenvalue weighted by atomic mass is 35.5. The van der Waals surface area contributed by atoms with Crippen LogP contribution in [-0.4, -0.2) is 238 Å². The summed E-state index contributed by atoms with van der Waals surface area (Å²) in [5.41, 5.74) is -1.48. The zero-order valence-corrected chi connectivity index (χ0v) is 58.5. The molecule has 22 nitrogen and oxygen atoms in total. The van der Waals surface area contributed by atoms with E-state index < -0.39 is 161 Å². The van der Waals surface area contributed by atoms with E-state index in [4.69, 9.17) is 11.6 Å². The molecule has 1 spiro atoms. The SMILES string of the molecule is CC[C@H](C)[C@@H]1NC(=O)[C@H](CC(C)C)N(C)C(=O)C[C@@H](C)N(C)C(=O)[C@H](C(C)C)N(C)C(=O)C2(CCCC2)NC(=O)[C@@H]2CCCN2C(=O)[C@H](CCC2CCC(C(F)(F)F)C(Cl)C2)NC(=O)CN(C)C(=O)[C@H](CC2CCCCC2)N(C)C(=O)[C@@H]2CCN2C(=O)[C@H](C)N(C)C1=O. The molecule has 0 radical (unpaired) electrons. The predicted octanol–water partition coefficient (Wildman–Crippen LogP) is 6.10. The van der Waals surface area contributed by atoms with Gasteiger partial charge in [-0.2, -0.15) is 13.2 Å². The van der Waals surface area contributed by atoms with E-state index in [1.165, 1.54) is 81.5 Å². The van der Waals surface area contributed by atoms with E-state index in [0.29, 0.717) is 25.7 Å². The minimum Gasteiger partial charge on any atom is -0.343 e. The van der Waals surface area contributed by atoms with Crippen molar-refractivity contribution in [3.8, 4) is 0 Å². The molecule has 13 atom stereocenters. The minimum atomic E-state index is -4.49. The molecule has 26 heteroatoms. The fourth-order valence-electron chi connectivity index (χ4n) is 15.1. The van der Waals surface area contributed by atoms with Gasteiger partial charge in [-0.3, -0.25) is 52.7 Å². The number of rotatable bonds is 10. The van der Waals surface area contributed by atoms with E-state index in [9.17, 15) is 56.3 Å². The Bertz CT molecular complexity index is 2690. The normalized spacial score (nSPS) is 31.5. The van der Waals surface area contributed by atoms with Gasteiger partial charge < -0.3 is 55.1 Å². The average Bonchev–Trinajstić information content (AvgIpc) is 1.78. The van der Waals surface area contributed by atoms with Crippen molar-refractivity contribution in [2.24, 2.45) is 35.5 Å². The van der Waals surface area contributed by atoms with E-state index in [1.807, 2.05) is 20.8 Å². The van der Waals surface area contributed by atoms with Crippen molar-refractivity contribution in [1.82, 2.24) is 55.1 Å².